The standard InChI is InChI=1S/C17H21FN6O.C7H13NO/c1-10-6-12(4-5-14(10)18)9-21-17(25)15-8-13(7-11(2)22-15)16(19)23-24(3)20;8-7(9)6-4-2-1-3-5-6/h4-8H,9,20H2,1-3H3,(H2,19,23)(H,21,25);6H,1-5H2,(H2,8,9). The lowest BCUT2D eigenvalue weighted by Crippen LogP contribution is -2.27. The molecule has 1 saturated carbocycles. The molecule has 1 aromatic carbocycles. The molecule has 1 heterocycles. The van der Waals surface area contributed by atoms with E-state index < -0.39 is 0 Å². The SMILES string of the molecule is Cc1cc(/C(N)=N/N(C)N)cc(C(=O)NCc2ccc(F)c(C)c2)n1.NC(=O)C1CCCCC1. The summed E-state index contributed by atoms with van der Waals surface area (Å²) in [5.74, 6) is 5.08. The van der Waals surface area contributed by atoms with Crippen LogP contribution in [0.5, 0.6) is 0 Å². The molecule has 3 rings (SSSR count). The summed E-state index contributed by atoms with van der Waals surface area (Å²) in [6.45, 7) is 3.69. The summed E-state index contributed by atoms with van der Waals surface area (Å²) in [4.78, 5) is 27.1. The van der Waals surface area contributed by atoms with Crippen molar-refractivity contribution in [1.82, 2.24) is 15.4 Å². The second kappa shape index (κ2) is 12.6. The minimum atomic E-state index is -0.360. The lowest BCUT2D eigenvalue weighted by atomic mass is 9.89. The van der Waals surface area contributed by atoms with Crippen LogP contribution >= 0.6 is 0 Å². The lowest BCUT2D eigenvalue weighted by molar-refractivity contribution is -0.122. The van der Waals surface area contributed by atoms with Gasteiger partial charge < -0.3 is 16.8 Å². The average Bonchev–Trinajstić information content (AvgIpc) is 2.79. The molecule has 9 nitrogen and oxygen atoms in total. The summed E-state index contributed by atoms with van der Waals surface area (Å²) in [6, 6.07) is 7.94. The molecule has 0 aliphatic heterocycles. The molecule has 2 aromatic rings. The molecule has 0 saturated heterocycles. The van der Waals surface area contributed by atoms with Crippen LogP contribution in [0.3, 0.4) is 0 Å². The maximum Gasteiger partial charge on any atom is 0.270 e. The van der Waals surface area contributed by atoms with E-state index in [0.29, 0.717) is 16.8 Å². The molecule has 2 amide bonds. The number of nitrogens with one attached hydrogen (secondary N) is 1. The number of hydrazone groups is 1. The van der Waals surface area contributed by atoms with E-state index in [0.717, 1.165) is 23.5 Å². The maximum absolute atomic E-state index is 13.3. The van der Waals surface area contributed by atoms with Crippen molar-refractivity contribution in [3.05, 3.63) is 64.2 Å². The quantitative estimate of drug-likeness (QED) is 0.219. The van der Waals surface area contributed by atoms with Gasteiger partial charge in [-0.2, -0.15) is 0 Å². The highest BCUT2D eigenvalue weighted by atomic mass is 19.1. The van der Waals surface area contributed by atoms with Gasteiger partial charge in [-0.3, -0.25) is 9.59 Å². The molecule has 1 aromatic heterocycles. The fraction of sp³-hybridized carbons (Fsp3) is 0.417. The van der Waals surface area contributed by atoms with Crippen LogP contribution in [0.4, 0.5) is 4.39 Å². The Labute approximate surface area is 199 Å². The Balaban J connectivity index is 0.000000379. The molecule has 0 unspecified atom stereocenters. The highest BCUT2D eigenvalue weighted by Crippen LogP contribution is 2.22. The predicted molar refractivity (Wildman–Crippen MR) is 130 cm³/mol. The number of nitrogens with two attached hydrogens (primary N) is 3. The second-order valence-corrected chi connectivity index (χ2v) is 8.44. The maximum atomic E-state index is 13.3. The number of hydrazine groups is 1. The Kier molecular flexibility index (Phi) is 9.93. The van der Waals surface area contributed by atoms with Crippen LogP contribution in [0.1, 0.15) is 65.0 Å². The number of hydrogen-bond acceptors (Lipinski definition) is 6. The number of pyridine rings is 1. The van der Waals surface area contributed by atoms with E-state index in [-0.39, 0.29) is 41.6 Å². The van der Waals surface area contributed by atoms with Crippen molar-refractivity contribution in [1.29, 1.82) is 0 Å². The van der Waals surface area contributed by atoms with Gasteiger partial charge in [0.1, 0.15) is 11.5 Å². The predicted octanol–water partition coefficient (Wildman–Crippen LogP) is 2.25. The van der Waals surface area contributed by atoms with Crippen LogP contribution in [0.15, 0.2) is 35.4 Å². The molecule has 0 atom stereocenters. The molecular weight excluding hydrogens is 437 g/mol. The van der Waals surface area contributed by atoms with Crippen molar-refractivity contribution in [3.8, 4) is 0 Å². The van der Waals surface area contributed by atoms with E-state index in [1.165, 1.54) is 25.3 Å². The number of rotatable bonds is 6. The number of nitrogens with zero attached hydrogens (tertiary/aromatic N) is 3. The van der Waals surface area contributed by atoms with Gasteiger partial charge in [-0.25, -0.2) is 20.3 Å². The van der Waals surface area contributed by atoms with E-state index in [2.05, 4.69) is 15.4 Å². The van der Waals surface area contributed by atoms with Crippen LogP contribution in [0.2, 0.25) is 0 Å². The Morgan fingerprint density at radius 1 is 1.15 bits per heavy atom. The third-order valence-corrected chi connectivity index (χ3v) is 5.43. The van der Waals surface area contributed by atoms with Gasteiger partial charge >= 0.3 is 0 Å². The summed E-state index contributed by atoms with van der Waals surface area (Å²) in [6.07, 6.45) is 5.70. The van der Waals surface area contributed by atoms with Crippen molar-refractivity contribution in [2.75, 3.05) is 7.05 Å². The number of carbonyl (C=O) groups is 2. The van der Waals surface area contributed by atoms with Gasteiger partial charge in [-0.1, -0.05) is 31.4 Å². The minimum absolute atomic E-state index is 0.102. The fourth-order valence-electron chi connectivity index (χ4n) is 3.64. The van der Waals surface area contributed by atoms with Gasteiger partial charge in [0.2, 0.25) is 5.91 Å². The molecule has 1 aliphatic carbocycles. The molecule has 0 spiro atoms. The van der Waals surface area contributed by atoms with E-state index in [9.17, 15) is 14.0 Å². The van der Waals surface area contributed by atoms with Gasteiger partial charge in [-0.05, 0) is 56.0 Å². The number of hydrogen-bond donors (Lipinski definition) is 4. The van der Waals surface area contributed by atoms with Crippen molar-refractivity contribution in [3.63, 3.8) is 0 Å². The zero-order valence-electron chi connectivity index (χ0n) is 20.0. The van der Waals surface area contributed by atoms with Gasteiger partial charge in [0, 0.05) is 30.8 Å². The molecular formula is C24H34FN7O2. The van der Waals surface area contributed by atoms with E-state index in [1.54, 1.807) is 45.2 Å². The third-order valence-electron chi connectivity index (χ3n) is 5.43. The molecule has 184 valence electrons. The molecule has 0 bridgehead atoms. The Morgan fingerprint density at radius 2 is 1.82 bits per heavy atom. The van der Waals surface area contributed by atoms with Crippen LogP contribution < -0.4 is 22.6 Å². The number of benzene rings is 1. The summed E-state index contributed by atoms with van der Waals surface area (Å²) in [5, 5.41) is 7.75. The largest absolute Gasteiger partial charge is 0.382 e. The second-order valence-electron chi connectivity index (χ2n) is 8.44. The molecule has 7 N–H and O–H groups in total. The van der Waals surface area contributed by atoms with Crippen molar-refractivity contribution < 1.29 is 14.0 Å². The van der Waals surface area contributed by atoms with Crippen LogP contribution in [-0.2, 0) is 11.3 Å². The summed E-state index contributed by atoms with van der Waals surface area (Å²) in [7, 11) is 1.54. The number of carbonyl (C=O) groups excluding carboxylic acids is 2. The first-order valence-corrected chi connectivity index (χ1v) is 11.2. The Bertz CT molecular complexity index is 1030. The third kappa shape index (κ3) is 8.43. The number of aryl methyl sites for hydroxylation is 2. The molecule has 10 heteroatoms. The molecule has 1 fully saturated rings. The number of primary amides is 1. The first-order valence-electron chi connectivity index (χ1n) is 11.2. The molecule has 34 heavy (non-hydrogen) atoms. The summed E-state index contributed by atoms with van der Waals surface area (Å²) >= 11 is 0. The zero-order valence-corrected chi connectivity index (χ0v) is 20.0. The first-order chi connectivity index (χ1) is 16.1. The molecule has 1 aliphatic rings. The summed E-state index contributed by atoms with van der Waals surface area (Å²) in [5.41, 5.74) is 13.7. The van der Waals surface area contributed by atoms with E-state index in [1.807, 2.05) is 0 Å². The van der Waals surface area contributed by atoms with Gasteiger partial charge in [0.15, 0.2) is 5.84 Å². The lowest BCUT2D eigenvalue weighted by Gasteiger charge is -2.17. The number of amidine groups is 1. The van der Waals surface area contributed by atoms with Gasteiger partial charge in [0.25, 0.3) is 5.91 Å². The molecule has 0 radical (unpaired) electrons. The Hall–Kier alpha value is -3.53. The zero-order chi connectivity index (χ0) is 25.3. The van der Waals surface area contributed by atoms with Crippen LogP contribution in [0, 0.1) is 25.6 Å². The number of halogens is 1. The van der Waals surface area contributed by atoms with Crippen molar-refractivity contribution in [2.45, 2.75) is 52.5 Å². The van der Waals surface area contributed by atoms with Gasteiger partial charge in [-0.15, -0.1) is 5.10 Å². The van der Waals surface area contributed by atoms with E-state index >= 15 is 0 Å². The highest BCUT2D eigenvalue weighted by Gasteiger charge is 2.17. The van der Waals surface area contributed by atoms with Crippen molar-refractivity contribution >= 4 is 17.6 Å². The Morgan fingerprint density at radius 3 is 2.38 bits per heavy atom. The van der Waals surface area contributed by atoms with Crippen LogP contribution in [-0.4, -0.2) is 34.8 Å². The topological polar surface area (TPSA) is 153 Å². The highest BCUT2D eigenvalue weighted by molar-refractivity contribution is 6.00. The minimum Gasteiger partial charge on any atom is -0.382 e. The fourth-order valence-corrected chi connectivity index (χ4v) is 3.64. The summed E-state index contributed by atoms with van der Waals surface area (Å²) < 4.78 is 13.3. The van der Waals surface area contributed by atoms with Crippen molar-refractivity contribution in [2.24, 2.45) is 28.3 Å². The number of aromatic nitrogens is 1. The van der Waals surface area contributed by atoms with E-state index in [4.69, 9.17) is 17.3 Å². The number of amides is 2. The van der Waals surface area contributed by atoms with Gasteiger partial charge in [0.05, 0.1) is 0 Å². The monoisotopic (exact) mass is 471 g/mol. The normalized spacial score (nSPS) is 14.1. The van der Waals surface area contributed by atoms with Crippen LogP contribution in [0.25, 0.3) is 0 Å². The smallest absolute Gasteiger partial charge is 0.270 e. The average molecular weight is 472 g/mol. The first kappa shape index (κ1) is 26.7.